The van der Waals surface area contributed by atoms with Crippen molar-refractivity contribution in [3.05, 3.63) is 29.8 Å². The van der Waals surface area contributed by atoms with E-state index in [-0.39, 0.29) is 6.10 Å². The second kappa shape index (κ2) is 5.35. The van der Waals surface area contributed by atoms with Gasteiger partial charge in [0.2, 0.25) is 0 Å². The third-order valence-corrected chi connectivity index (χ3v) is 3.55. The van der Waals surface area contributed by atoms with Crippen LogP contribution >= 0.6 is 0 Å². The third kappa shape index (κ3) is 2.38. The lowest BCUT2D eigenvalue weighted by Gasteiger charge is -2.27. The lowest BCUT2D eigenvalue weighted by Crippen LogP contribution is -2.16. The SMILES string of the molecule is COc1ccccc1C(O)C1CCCCC1. The first-order valence-electron chi connectivity index (χ1n) is 6.14. The van der Waals surface area contributed by atoms with Crippen LogP contribution in [0, 0.1) is 5.92 Å². The van der Waals surface area contributed by atoms with E-state index < -0.39 is 0 Å². The molecule has 1 aromatic carbocycles. The molecule has 0 aliphatic heterocycles. The Hall–Kier alpha value is -1.02. The summed E-state index contributed by atoms with van der Waals surface area (Å²) in [5.41, 5.74) is 0.942. The molecule has 0 radical (unpaired) electrons. The van der Waals surface area contributed by atoms with Crippen molar-refractivity contribution >= 4 is 0 Å². The standard InChI is InChI=1S/C14H20O2/c1-16-13-10-6-5-9-12(13)14(15)11-7-3-2-4-8-11/h5-6,9-11,14-15H,2-4,7-8H2,1H3. The Kier molecular flexibility index (Phi) is 3.83. The minimum atomic E-state index is -0.364. The molecule has 0 heterocycles. The molecule has 0 amide bonds. The molecule has 1 saturated carbocycles. The van der Waals surface area contributed by atoms with E-state index in [1.54, 1.807) is 7.11 Å². The number of para-hydroxylation sites is 1. The molecule has 1 aliphatic rings. The van der Waals surface area contributed by atoms with E-state index in [2.05, 4.69) is 0 Å². The van der Waals surface area contributed by atoms with Gasteiger partial charge in [-0.15, -0.1) is 0 Å². The highest BCUT2D eigenvalue weighted by Crippen LogP contribution is 2.37. The van der Waals surface area contributed by atoms with Gasteiger partial charge in [-0.25, -0.2) is 0 Å². The maximum atomic E-state index is 10.4. The van der Waals surface area contributed by atoms with E-state index in [4.69, 9.17) is 4.74 Å². The molecule has 2 nitrogen and oxygen atoms in total. The predicted molar refractivity (Wildman–Crippen MR) is 64.5 cm³/mol. The summed E-state index contributed by atoms with van der Waals surface area (Å²) in [5, 5.41) is 10.4. The molecule has 1 unspecified atom stereocenters. The summed E-state index contributed by atoms with van der Waals surface area (Å²) in [6.07, 6.45) is 5.72. The van der Waals surface area contributed by atoms with Crippen molar-refractivity contribution in [3.63, 3.8) is 0 Å². The Morgan fingerprint density at radius 2 is 1.88 bits per heavy atom. The number of aliphatic hydroxyl groups excluding tert-OH is 1. The molecule has 0 saturated heterocycles. The summed E-state index contributed by atoms with van der Waals surface area (Å²) in [7, 11) is 1.66. The molecule has 16 heavy (non-hydrogen) atoms. The van der Waals surface area contributed by atoms with E-state index in [1.807, 2.05) is 24.3 Å². The normalized spacial score (nSPS) is 19.4. The molecular formula is C14H20O2. The molecular weight excluding hydrogens is 200 g/mol. The van der Waals surface area contributed by atoms with Crippen LogP contribution in [-0.4, -0.2) is 12.2 Å². The van der Waals surface area contributed by atoms with Crippen LogP contribution in [0.5, 0.6) is 5.75 Å². The lowest BCUT2D eigenvalue weighted by atomic mass is 9.82. The van der Waals surface area contributed by atoms with Crippen molar-refractivity contribution in [1.82, 2.24) is 0 Å². The van der Waals surface area contributed by atoms with Crippen LogP contribution in [0.15, 0.2) is 24.3 Å². The van der Waals surface area contributed by atoms with Crippen molar-refractivity contribution < 1.29 is 9.84 Å². The Bertz CT molecular complexity index is 329. The van der Waals surface area contributed by atoms with E-state index in [9.17, 15) is 5.11 Å². The second-order valence-electron chi connectivity index (χ2n) is 4.58. The monoisotopic (exact) mass is 220 g/mol. The van der Waals surface area contributed by atoms with E-state index in [1.165, 1.54) is 19.3 Å². The van der Waals surface area contributed by atoms with Gasteiger partial charge in [0.15, 0.2) is 0 Å². The number of hydrogen-bond acceptors (Lipinski definition) is 2. The minimum Gasteiger partial charge on any atom is -0.496 e. The maximum Gasteiger partial charge on any atom is 0.124 e. The van der Waals surface area contributed by atoms with Crippen LogP contribution in [0.25, 0.3) is 0 Å². The zero-order valence-electron chi connectivity index (χ0n) is 9.86. The molecule has 1 N–H and O–H groups in total. The van der Waals surface area contributed by atoms with Crippen molar-refractivity contribution in [2.75, 3.05) is 7.11 Å². The van der Waals surface area contributed by atoms with Crippen LogP contribution in [0.3, 0.4) is 0 Å². The van der Waals surface area contributed by atoms with Gasteiger partial charge in [-0.1, -0.05) is 37.5 Å². The first-order valence-corrected chi connectivity index (χ1v) is 6.14. The van der Waals surface area contributed by atoms with Crippen molar-refractivity contribution in [2.45, 2.75) is 38.2 Å². The second-order valence-corrected chi connectivity index (χ2v) is 4.58. The minimum absolute atomic E-state index is 0.364. The summed E-state index contributed by atoms with van der Waals surface area (Å²) in [6, 6.07) is 7.79. The number of rotatable bonds is 3. The molecule has 2 heteroatoms. The summed E-state index contributed by atoms with van der Waals surface area (Å²) in [6.45, 7) is 0. The highest BCUT2D eigenvalue weighted by Gasteiger charge is 2.24. The Morgan fingerprint density at radius 3 is 2.56 bits per heavy atom. The third-order valence-electron chi connectivity index (χ3n) is 3.55. The number of hydrogen-bond donors (Lipinski definition) is 1. The molecule has 1 aliphatic carbocycles. The molecule has 1 atom stereocenters. The number of ether oxygens (including phenoxy) is 1. The van der Waals surface area contributed by atoms with Crippen LogP contribution in [0.4, 0.5) is 0 Å². The zero-order chi connectivity index (χ0) is 11.4. The quantitative estimate of drug-likeness (QED) is 0.846. The first-order chi connectivity index (χ1) is 7.83. The average molecular weight is 220 g/mol. The zero-order valence-corrected chi connectivity index (χ0v) is 9.86. The smallest absolute Gasteiger partial charge is 0.124 e. The van der Waals surface area contributed by atoms with Gasteiger partial charge in [-0.2, -0.15) is 0 Å². The molecule has 1 aromatic rings. The van der Waals surface area contributed by atoms with Crippen LogP contribution in [0.1, 0.15) is 43.8 Å². The predicted octanol–water partition coefficient (Wildman–Crippen LogP) is 3.31. The van der Waals surface area contributed by atoms with Crippen molar-refractivity contribution in [3.8, 4) is 5.75 Å². The highest BCUT2D eigenvalue weighted by molar-refractivity contribution is 5.35. The topological polar surface area (TPSA) is 29.5 Å². The Morgan fingerprint density at radius 1 is 1.19 bits per heavy atom. The molecule has 1 fully saturated rings. The van der Waals surface area contributed by atoms with Gasteiger partial charge in [0, 0.05) is 5.56 Å². The van der Waals surface area contributed by atoms with E-state index in [0.717, 1.165) is 24.2 Å². The fraction of sp³-hybridized carbons (Fsp3) is 0.571. The fourth-order valence-corrected chi connectivity index (χ4v) is 2.61. The highest BCUT2D eigenvalue weighted by atomic mass is 16.5. The molecule has 0 bridgehead atoms. The summed E-state index contributed by atoms with van der Waals surface area (Å²) in [4.78, 5) is 0. The summed E-state index contributed by atoms with van der Waals surface area (Å²) >= 11 is 0. The largest absolute Gasteiger partial charge is 0.496 e. The van der Waals surface area contributed by atoms with Gasteiger partial charge in [-0.3, -0.25) is 0 Å². The van der Waals surface area contributed by atoms with Crippen molar-refractivity contribution in [2.24, 2.45) is 5.92 Å². The molecule has 2 rings (SSSR count). The van der Waals surface area contributed by atoms with Gasteiger partial charge in [0.25, 0.3) is 0 Å². The lowest BCUT2D eigenvalue weighted by molar-refractivity contribution is 0.0825. The Balaban J connectivity index is 2.15. The molecule has 0 aromatic heterocycles. The van der Waals surface area contributed by atoms with Crippen LogP contribution in [-0.2, 0) is 0 Å². The summed E-state index contributed by atoms with van der Waals surface area (Å²) < 4.78 is 5.30. The fourth-order valence-electron chi connectivity index (χ4n) is 2.61. The van der Waals surface area contributed by atoms with Gasteiger partial charge in [0.1, 0.15) is 5.75 Å². The van der Waals surface area contributed by atoms with Gasteiger partial charge >= 0.3 is 0 Å². The van der Waals surface area contributed by atoms with Gasteiger partial charge in [0.05, 0.1) is 13.2 Å². The first kappa shape index (κ1) is 11.5. The number of aliphatic hydroxyl groups is 1. The van der Waals surface area contributed by atoms with Gasteiger partial charge < -0.3 is 9.84 Å². The van der Waals surface area contributed by atoms with E-state index in [0.29, 0.717) is 5.92 Å². The number of benzene rings is 1. The summed E-state index contributed by atoms with van der Waals surface area (Å²) in [5.74, 6) is 1.21. The average Bonchev–Trinajstić information content (AvgIpc) is 2.39. The number of methoxy groups -OCH3 is 1. The maximum absolute atomic E-state index is 10.4. The van der Waals surface area contributed by atoms with Crippen LogP contribution < -0.4 is 4.74 Å². The van der Waals surface area contributed by atoms with Crippen LogP contribution in [0.2, 0.25) is 0 Å². The van der Waals surface area contributed by atoms with E-state index >= 15 is 0 Å². The van der Waals surface area contributed by atoms with Crippen molar-refractivity contribution in [1.29, 1.82) is 0 Å². The molecule has 0 spiro atoms. The molecule has 88 valence electrons. The van der Waals surface area contributed by atoms with Gasteiger partial charge in [-0.05, 0) is 24.8 Å². The Labute approximate surface area is 97.3 Å².